The van der Waals surface area contributed by atoms with Crippen molar-refractivity contribution in [3.05, 3.63) is 65.7 Å². The Morgan fingerprint density at radius 1 is 1.10 bits per heavy atom. The topological polar surface area (TPSA) is 113 Å². The van der Waals surface area contributed by atoms with Crippen LogP contribution in [0.1, 0.15) is 64.0 Å². The number of amides is 2. The zero-order valence-corrected chi connectivity index (χ0v) is 25.1. The van der Waals surface area contributed by atoms with Crippen LogP contribution >= 0.6 is 7.60 Å². The molecule has 1 unspecified atom stereocenters. The lowest BCUT2D eigenvalue weighted by atomic mass is 9.78. The van der Waals surface area contributed by atoms with Crippen LogP contribution in [0.15, 0.2) is 54.6 Å². The van der Waals surface area contributed by atoms with Crippen LogP contribution in [-0.4, -0.2) is 59.2 Å². The number of para-hydroxylation sites is 1. The number of fused-ring (bicyclic) bond motifs is 1. The van der Waals surface area contributed by atoms with E-state index in [4.69, 9.17) is 9.26 Å². The third-order valence-corrected chi connectivity index (χ3v) is 9.27. The van der Waals surface area contributed by atoms with E-state index in [0.717, 1.165) is 24.0 Å². The molecule has 0 saturated heterocycles. The first-order valence-corrected chi connectivity index (χ1v) is 16.2. The first-order chi connectivity index (χ1) is 19.5. The van der Waals surface area contributed by atoms with Gasteiger partial charge in [0.1, 0.15) is 18.9 Å². The van der Waals surface area contributed by atoms with Crippen molar-refractivity contribution in [3.8, 4) is 0 Å². The number of carbonyl (C=O) groups excluding carboxylic acids is 3. The molecule has 0 bridgehead atoms. The summed E-state index contributed by atoms with van der Waals surface area (Å²) in [4.78, 5) is 55.1. The van der Waals surface area contributed by atoms with Crippen LogP contribution in [0.3, 0.4) is 0 Å². The Labute approximate surface area is 242 Å². The fraction of sp³-hybridized carbons (Fsp3) is 0.516. The Morgan fingerprint density at radius 3 is 2.41 bits per heavy atom. The van der Waals surface area contributed by atoms with E-state index in [1.165, 1.54) is 9.80 Å². The number of hydrogen-bond acceptors (Lipinski definition) is 6. The zero-order valence-electron chi connectivity index (χ0n) is 24.2. The molecular weight excluding hydrogens is 543 g/mol. The van der Waals surface area contributed by atoms with Gasteiger partial charge in [-0.2, -0.15) is 0 Å². The molecule has 1 aliphatic heterocycles. The summed E-state index contributed by atoms with van der Waals surface area (Å²) in [5.41, 5.74) is 1.61. The summed E-state index contributed by atoms with van der Waals surface area (Å²) in [5.74, 6) is -1.36. The monoisotopic (exact) mass is 584 g/mol. The summed E-state index contributed by atoms with van der Waals surface area (Å²) < 4.78 is 23.9. The van der Waals surface area contributed by atoms with E-state index in [1.54, 1.807) is 32.9 Å². The number of hydrogen-bond donors (Lipinski definition) is 1. The van der Waals surface area contributed by atoms with Crippen molar-refractivity contribution in [3.63, 3.8) is 0 Å². The minimum absolute atomic E-state index is 0.165. The van der Waals surface area contributed by atoms with Gasteiger partial charge in [0, 0.05) is 5.69 Å². The van der Waals surface area contributed by atoms with Crippen LogP contribution in [0.4, 0.5) is 5.69 Å². The van der Waals surface area contributed by atoms with Gasteiger partial charge >= 0.3 is 13.6 Å². The van der Waals surface area contributed by atoms with E-state index < -0.39 is 43.3 Å². The Balaban J connectivity index is 1.76. The molecule has 1 N–H and O–H groups in total. The molecule has 2 aromatic rings. The molecule has 9 nitrogen and oxygen atoms in total. The number of ether oxygens (including phenoxy) is 1. The molecule has 2 aromatic carbocycles. The predicted molar refractivity (Wildman–Crippen MR) is 156 cm³/mol. The molecule has 2 aliphatic rings. The second-order valence-corrected chi connectivity index (χ2v) is 13.0. The van der Waals surface area contributed by atoms with Crippen LogP contribution in [0.5, 0.6) is 0 Å². The molecule has 222 valence electrons. The second-order valence-electron chi connectivity index (χ2n) is 11.3. The molecule has 4 rings (SSSR count). The molecule has 0 spiro atoms. The standard InChI is InChI=1S/C31H41N2O7P/c1-4-39-28(34)21-32-26-15-9-8-14-25(26)16-17-27(29(32)35)33(22-41(37,38)40-23(2)3)30(36)31(18-10-11-19-31)20-24-12-6-5-7-13-24/h5-9,12-15,23,27H,4,10-11,16-22H2,1-3H3,(H,37,38)/t27-/m0/s1. The highest BCUT2D eigenvalue weighted by atomic mass is 31.2. The number of anilines is 1. The summed E-state index contributed by atoms with van der Waals surface area (Å²) in [7, 11) is -4.31. The van der Waals surface area contributed by atoms with Crippen molar-refractivity contribution in [2.24, 2.45) is 5.41 Å². The van der Waals surface area contributed by atoms with E-state index >= 15 is 0 Å². The van der Waals surface area contributed by atoms with Gasteiger partial charge < -0.3 is 19.1 Å². The van der Waals surface area contributed by atoms with Crippen molar-refractivity contribution in [1.29, 1.82) is 0 Å². The SMILES string of the molecule is CCOC(=O)CN1C(=O)[C@@H](N(CP(=O)(O)OC(C)C)C(=O)C2(Cc3ccccc3)CCCC2)CCc2ccccc21. The molecule has 2 atom stereocenters. The average Bonchev–Trinajstić information content (AvgIpc) is 3.35. The fourth-order valence-electron chi connectivity index (χ4n) is 6.16. The van der Waals surface area contributed by atoms with Gasteiger partial charge in [0.15, 0.2) is 0 Å². The smallest absolute Gasteiger partial charge is 0.347 e. The highest BCUT2D eigenvalue weighted by Gasteiger charge is 2.49. The van der Waals surface area contributed by atoms with Crippen LogP contribution in [0.25, 0.3) is 0 Å². The summed E-state index contributed by atoms with van der Waals surface area (Å²) in [6.45, 7) is 4.84. The van der Waals surface area contributed by atoms with E-state index in [0.29, 0.717) is 31.4 Å². The molecule has 41 heavy (non-hydrogen) atoms. The van der Waals surface area contributed by atoms with Crippen molar-refractivity contribution in [1.82, 2.24) is 4.90 Å². The van der Waals surface area contributed by atoms with Gasteiger partial charge in [0.2, 0.25) is 11.8 Å². The molecule has 10 heteroatoms. The maximum absolute atomic E-state index is 14.7. The van der Waals surface area contributed by atoms with Gasteiger partial charge in [-0.05, 0) is 70.1 Å². The van der Waals surface area contributed by atoms with E-state index in [2.05, 4.69) is 0 Å². The lowest BCUT2D eigenvalue weighted by Crippen LogP contribution is -2.55. The minimum Gasteiger partial charge on any atom is -0.465 e. The van der Waals surface area contributed by atoms with E-state index in [-0.39, 0.29) is 25.5 Å². The van der Waals surface area contributed by atoms with Crippen molar-refractivity contribution >= 4 is 31.1 Å². The Bertz CT molecular complexity index is 1280. The zero-order chi connectivity index (χ0) is 29.6. The fourth-order valence-corrected chi connectivity index (χ4v) is 7.59. The van der Waals surface area contributed by atoms with Gasteiger partial charge in [-0.25, -0.2) is 0 Å². The number of aryl methyl sites for hydroxylation is 1. The molecule has 1 saturated carbocycles. The van der Waals surface area contributed by atoms with Gasteiger partial charge in [-0.15, -0.1) is 0 Å². The lowest BCUT2D eigenvalue weighted by molar-refractivity contribution is -0.148. The highest BCUT2D eigenvalue weighted by Crippen LogP contribution is 2.49. The molecule has 1 fully saturated rings. The molecule has 2 amide bonds. The Morgan fingerprint density at radius 2 is 1.76 bits per heavy atom. The maximum atomic E-state index is 14.7. The van der Waals surface area contributed by atoms with E-state index in [1.807, 2.05) is 42.5 Å². The first-order valence-electron chi connectivity index (χ1n) is 14.5. The van der Waals surface area contributed by atoms with Crippen molar-refractivity contribution in [2.75, 3.05) is 24.3 Å². The summed E-state index contributed by atoms with van der Waals surface area (Å²) in [5, 5.41) is 0. The number of nitrogens with zero attached hydrogens (tertiary/aromatic N) is 2. The predicted octanol–water partition coefficient (Wildman–Crippen LogP) is 5.10. The number of benzene rings is 2. The third kappa shape index (κ3) is 7.45. The molecule has 1 heterocycles. The quantitative estimate of drug-likeness (QED) is 0.289. The van der Waals surface area contributed by atoms with Crippen molar-refractivity contribution in [2.45, 2.75) is 77.9 Å². The normalized spacial score (nSPS) is 19.8. The van der Waals surface area contributed by atoms with Gasteiger partial charge in [-0.3, -0.25) is 23.8 Å². The number of esters is 1. The minimum atomic E-state index is -4.31. The largest absolute Gasteiger partial charge is 0.465 e. The van der Waals surface area contributed by atoms with Crippen LogP contribution in [0.2, 0.25) is 0 Å². The highest BCUT2D eigenvalue weighted by molar-refractivity contribution is 7.52. The molecule has 0 radical (unpaired) electrons. The van der Waals surface area contributed by atoms with Gasteiger partial charge in [0.25, 0.3) is 0 Å². The molecule has 0 aromatic heterocycles. The van der Waals surface area contributed by atoms with E-state index in [9.17, 15) is 23.8 Å². The van der Waals surface area contributed by atoms with Gasteiger partial charge in [0.05, 0.1) is 18.1 Å². The Kier molecular flexibility index (Phi) is 10.1. The number of rotatable bonds is 11. The summed E-state index contributed by atoms with van der Waals surface area (Å²) in [6, 6.07) is 16.0. The third-order valence-electron chi connectivity index (χ3n) is 7.86. The summed E-state index contributed by atoms with van der Waals surface area (Å²) in [6.07, 6.45) is 2.93. The van der Waals surface area contributed by atoms with Crippen LogP contribution in [0, 0.1) is 5.41 Å². The summed E-state index contributed by atoms with van der Waals surface area (Å²) >= 11 is 0. The molecule has 1 aliphatic carbocycles. The van der Waals surface area contributed by atoms with Crippen molar-refractivity contribution < 1.29 is 33.1 Å². The second kappa shape index (κ2) is 13.3. The number of carbonyl (C=O) groups is 3. The van der Waals surface area contributed by atoms with Crippen LogP contribution < -0.4 is 4.90 Å². The maximum Gasteiger partial charge on any atom is 0.347 e. The average molecular weight is 585 g/mol. The lowest BCUT2D eigenvalue weighted by Gasteiger charge is -2.40. The van der Waals surface area contributed by atoms with Gasteiger partial charge in [-0.1, -0.05) is 61.4 Å². The Hall–Kier alpha value is -3.00. The first kappa shape index (κ1) is 30.9. The van der Waals surface area contributed by atoms with Crippen LogP contribution in [-0.2, 0) is 41.1 Å². The molecular formula is C31H41N2O7P.